The van der Waals surface area contributed by atoms with Gasteiger partial charge in [-0.3, -0.25) is 4.79 Å². The van der Waals surface area contributed by atoms with Gasteiger partial charge >= 0.3 is 12.0 Å². The first-order valence-electron chi connectivity index (χ1n) is 6.29. The fourth-order valence-corrected chi connectivity index (χ4v) is 2.22. The normalized spacial score (nSPS) is 23.8. The lowest BCUT2D eigenvalue weighted by atomic mass is 9.91. The first kappa shape index (κ1) is 14.8. The zero-order valence-electron chi connectivity index (χ0n) is 11.0. The van der Waals surface area contributed by atoms with E-state index in [0.29, 0.717) is 32.7 Å². The quantitative estimate of drug-likeness (QED) is 0.714. The van der Waals surface area contributed by atoms with Crippen LogP contribution in [0.2, 0.25) is 0 Å². The predicted molar refractivity (Wildman–Crippen MR) is 66.4 cm³/mol. The molecule has 0 spiro atoms. The molecule has 2 unspecified atom stereocenters. The maximum absolute atomic E-state index is 11.9. The molecule has 0 radical (unpaired) electrons. The third kappa shape index (κ3) is 4.52. The molecule has 1 fully saturated rings. The number of piperidine rings is 1. The number of nitrogens with zero attached hydrogens (tertiary/aromatic N) is 1. The van der Waals surface area contributed by atoms with Crippen LogP contribution in [0.4, 0.5) is 4.79 Å². The molecule has 2 amide bonds. The number of carbonyl (C=O) groups is 2. The van der Waals surface area contributed by atoms with Gasteiger partial charge in [0.25, 0.3) is 0 Å². The number of nitrogens with one attached hydrogen (secondary N) is 1. The average molecular weight is 258 g/mol. The number of ether oxygens (including phenoxy) is 1. The number of methoxy groups -OCH3 is 1. The lowest BCUT2D eigenvalue weighted by molar-refractivity contribution is -0.143. The number of urea groups is 1. The Morgan fingerprint density at radius 2 is 2.17 bits per heavy atom. The average Bonchev–Trinajstić information content (AvgIpc) is 2.33. The van der Waals surface area contributed by atoms with E-state index in [9.17, 15) is 9.59 Å². The van der Waals surface area contributed by atoms with Crippen LogP contribution in [0.1, 0.15) is 19.8 Å². The second-order valence-electron chi connectivity index (χ2n) is 4.86. The summed E-state index contributed by atoms with van der Waals surface area (Å²) in [5.74, 6) is -1.04. The zero-order chi connectivity index (χ0) is 13.5. The summed E-state index contributed by atoms with van der Waals surface area (Å²) >= 11 is 0. The molecule has 6 nitrogen and oxygen atoms in total. The van der Waals surface area contributed by atoms with Crippen LogP contribution in [0.5, 0.6) is 0 Å². The van der Waals surface area contributed by atoms with E-state index in [4.69, 9.17) is 9.84 Å². The van der Waals surface area contributed by atoms with Gasteiger partial charge < -0.3 is 20.1 Å². The third-order valence-corrected chi connectivity index (χ3v) is 3.10. The maximum Gasteiger partial charge on any atom is 0.317 e. The van der Waals surface area contributed by atoms with Crippen LogP contribution >= 0.6 is 0 Å². The predicted octanol–water partition coefficient (Wildman–Crippen LogP) is 0.775. The van der Waals surface area contributed by atoms with Crippen LogP contribution < -0.4 is 5.32 Å². The van der Waals surface area contributed by atoms with E-state index >= 15 is 0 Å². The molecule has 0 saturated carbocycles. The van der Waals surface area contributed by atoms with Crippen molar-refractivity contribution in [2.45, 2.75) is 19.8 Å². The highest BCUT2D eigenvalue weighted by molar-refractivity contribution is 5.76. The van der Waals surface area contributed by atoms with Gasteiger partial charge in [-0.25, -0.2) is 4.79 Å². The van der Waals surface area contributed by atoms with Gasteiger partial charge in [-0.1, -0.05) is 6.92 Å². The Hall–Kier alpha value is -1.30. The molecule has 0 aromatic heterocycles. The van der Waals surface area contributed by atoms with Crippen molar-refractivity contribution in [2.75, 3.05) is 33.4 Å². The van der Waals surface area contributed by atoms with Gasteiger partial charge in [0.15, 0.2) is 0 Å². The first-order chi connectivity index (χ1) is 8.54. The molecule has 1 aliphatic rings. The molecular weight excluding hydrogens is 236 g/mol. The molecular formula is C12H22N2O4. The zero-order valence-corrected chi connectivity index (χ0v) is 11.0. The molecule has 0 aliphatic carbocycles. The monoisotopic (exact) mass is 258 g/mol. The Morgan fingerprint density at radius 1 is 1.44 bits per heavy atom. The Balaban J connectivity index is 2.39. The summed E-state index contributed by atoms with van der Waals surface area (Å²) in [5.41, 5.74) is 0. The summed E-state index contributed by atoms with van der Waals surface area (Å²) in [5, 5.41) is 11.8. The molecule has 1 aliphatic heterocycles. The van der Waals surface area contributed by atoms with E-state index in [0.717, 1.165) is 6.42 Å². The molecule has 1 heterocycles. The standard InChI is InChI=1S/C12H22N2O4/c1-9-6-10(11(15)16)8-14(7-9)12(17)13-4-3-5-18-2/h9-10H,3-8H2,1-2H3,(H,13,17)(H,15,16). The van der Waals surface area contributed by atoms with E-state index in [2.05, 4.69) is 5.32 Å². The van der Waals surface area contributed by atoms with E-state index in [-0.39, 0.29) is 11.9 Å². The molecule has 2 N–H and O–H groups in total. The van der Waals surface area contributed by atoms with Gasteiger partial charge in [0.2, 0.25) is 0 Å². The second kappa shape index (κ2) is 7.20. The number of rotatable bonds is 5. The fraction of sp³-hybridized carbons (Fsp3) is 0.833. The van der Waals surface area contributed by atoms with Crippen molar-refractivity contribution in [3.8, 4) is 0 Å². The molecule has 1 saturated heterocycles. The topological polar surface area (TPSA) is 78.9 Å². The van der Waals surface area contributed by atoms with Crippen molar-refractivity contribution < 1.29 is 19.4 Å². The van der Waals surface area contributed by atoms with Gasteiger partial charge in [0.05, 0.1) is 5.92 Å². The fourth-order valence-electron chi connectivity index (χ4n) is 2.22. The molecule has 1 rings (SSSR count). The van der Waals surface area contributed by atoms with Crippen molar-refractivity contribution in [1.29, 1.82) is 0 Å². The van der Waals surface area contributed by atoms with Crippen LogP contribution in [0, 0.1) is 11.8 Å². The summed E-state index contributed by atoms with van der Waals surface area (Å²) in [6, 6.07) is -0.177. The van der Waals surface area contributed by atoms with E-state index < -0.39 is 11.9 Å². The van der Waals surface area contributed by atoms with Crippen LogP contribution in [0.3, 0.4) is 0 Å². The number of aliphatic carboxylic acids is 1. The van der Waals surface area contributed by atoms with Crippen molar-refractivity contribution in [2.24, 2.45) is 11.8 Å². The number of carboxylic acid groups (broad SMARTS) is 1. The van der Waals surface area contributed by atoms with E-state index in [1.54, 1.807) is 12.0 Å². The van der Waals surface area contributed by atoms with Crippen molar-refractivity contribution in [3.63, 3.8) is 0 Å². The minimum absolute atomic E-state index is 0.177. The minimum Gasteiger partial charge on any atom is -0.481 e. The van der Waals surface area contributed by atoms with Gasteiger partial charge in [-0.2, -0.15) is 0 Å². The molecule has 0 aromatic rings. The number of hydrogen-bond donors (Lipinski definition) is 2. The molecule has 0 bridgehead atoms. The maximum atomic E-state index is 11.9. The van der Waals surface area contributed by atoms with Gasteiger partial charge in [-0.05, 0) is 18.8 Å². The summed E-state index contributed by atoms with van der Waals surface area (Å²) in [6.45, 7) is 4.06. The summed E-state index contributed by atoms with van der Waals surface area (Å²) < 4.78 is 4.89. The number of carboxylic acids is 1. The van der Waals surface area contributed by atoms with Crippen LogP contribution in [0.15, 0.2) is 0 Å². The second-order valence-corrected chi connectivity index (χ2v) is 4.86. The van der Waals surface area contributed by atoms with Gasteiger partial charge in [0.1, 0.15) is 0 Å². The highest BCUT2D eigenvalue weighted by Crippen LogP contribution is 2.21. The minimum atomic E-state index is -0.821. The van der Waals surface area contributed by atoms with Gasteiger partial charge in [0, 0.05) is 33.4 Å². The summed E-state index contributed by atoms with van der Waals surface area (Å²) in [4.78, 5) is 24.4. The summed E-state index contributed by atoms with van der Waals surface area (Å²) in [6.07, 6.45) is 1.40. The lowest BCUT2D eigenvalue weighted by Gasteiger charge is -2.34. The highest BCUT2D eigenvalue weighted by Gasteiger charge is 2.31. The van der Waals surface area contributed by atoms with Crippen molar-refractivity contribution in [3.05, 3.63) is 0 Å². The molecule has 2 atom stereocenters. The largest absolute Gasteiger partial charge is 0.481 e. The van der Waals surface area contributed by atoms with Gasteiger partial charge in [-0.15, -0.1) is 0 Å². The van der Waals surface area contributed by atoms with Crippen LogP contribution in [-0.2, 0) is 9.53 Å². The lowest BCUT2D eigenvalue weighted by Crippen LogP contribution is -2.49. The SMILES string of the molecule is COCCCNC(=O)N1CC(C)CC(C(=O)O)C1. The Morgan fingerprint density at radius 3 is 2.78 bits per heavy atom. The number of hydrogen-bond acceptors (Lipinski definition) is 3. The smallest absolute Gasteiger partial charge is 0.317 e. The Labute approximate surface area is 107 Å². The first-order valence-corrected chi connectivity index (χ1v) is 6.29. The van der Waals surface area contributed by atoms with Crippen molar-refractivity contribution in [1.82, 2.24) is 10.2 Å². The van der Waals surface area contributed by atoms with Crippen LogP contribution in [0.25, 0.3) is 0 Å². The van der Waals surface area contributed by atoms with E-state index in [1.165, 1.54) is 0 Å². The van der Waals surface area contributed by atoms with Crippen molar-refractivity contribution >= 4 is 12.0 Å². The number of amides is 2. The molecule has 6 heteroatoms. The Kier molecular flexibility index (Phi) is 5.91. The third-order valence-electron chi connectivity index (χ3n) is 3.10. The summed E-state index contributed by atoms with van der Waals surface area (Å²) in [7, 11) is 1.62. The highest BCUT2D eigenvalue weighted by atomic mass is 16.5. The van der Waals surface area contributed by atoms with E-state index in [1.807, 2.05) is 6.92 Å². The number of likely N-dealkylation sites (tertiary alicyclic amines) is 1. The molecule has 18 heavy (non-hydrogen) atoms. The molecule has 0 aromatic carbocycles. The molecule has 104 valence electrons. The Bertz CT molecular complexity index is 296. The number of carbonyl (C=O) groups excluding carboxylic acids is 1. The van der Waals surface area contributed by atoms with Crippen LogP contribution in [-0.4, -0.2) is 55.4 Å².